The van der Waals surface area contributed by atoms with Crippen LogP contribution in [0.3, 0.4) is 0 Å². The maximum Gasteiger partial charge on any atom is 0.309 e. The van der Waals surface area contributed by atoms with E-state index in [4.69, 9.17) is 4.74 Å². The molecule has 0 radical (unpaired) electrons. The van der Waals surface area contributed by atoms with Crippen LogP contribution in [-0.2, 0) is 26.1 Å². The predicted molar refractivity (Wildman–Crippen MR) is 132 cm³/mol. The summed E-state index contributed by atoms with van der Waals surface area (Å²) in [5, 5.41) is 0. The number of nitrogens with zero attached hydrogens (tertiary/aromatic N) is 3. The van der Waals surface area contributed by atoms with Gasteiger partial charge in [-0.25, -0.2) is 8.42 Å². The highest BCUT2D eigenvalue weighted by Gasteiger charge is 2.31. The third-order valence-electron chi connectivity index (χ3n) is 6.70. The number of piperidine rings is 1. The molecule has 8 nitrogen and oxygen atoms in total. The molecule has 0 saturated carbocycles. The maximum absolute atomic E-state index is 13.3. The first-order chi connectivity index (χ1) is 16.9. The van der Waals surface area contributed by atoms with Crippen LogP contribution in [0.4, 0.5) is 0 Å². The van der Waals surface area contributed by atoms with Crippen LogP contribution in [0, 0.1) is 5.92 Å². The number of benzene rings is 2. The molecule has 0 spiro atoms. The van der Waals surface area contributed by atoms with E-state index in [1.54, 1.807) is 30.0 Å². The van der Waals surface area contributed by atoms with Crippen molar-refractivity contribution < 1.29 is 22.7 Å². The molecule has 9 heteroatoms. The minimum atomic E-state index is -3.70. The van der Waals surface area contributed by atoms with Gasteiger partial charge < -0.3 is 9.64 Å². The first kappa shape index (κ1) is 25.3. The fourth-order valence-electron chi connectivity index (χ4n) is 4.67. The summed E-state index contributed by atoms with van der Waals surface area (Å²) in [6.45, 7) is 5.95. The highest BCUT2D eigenvalue weighted by atomic mass is 32.2. The van der Waals surface area contributed by atoms with E-state index < -0.39 is 10.0 Å². The van der Waals surface area contributed by atoms with Crippen molar-refractivity contribution in [2.75, 3.05) is 45.9 Å². The third-order valence-corrected chi connectivity index (χ3v) is 8.60. The smallest absolute Gasteiger partial charge is 0.309 e. The van der Waals surface area contributed by atoms with Gasteiger partial charge in [0.1, 0.15) is 0 Å². The third kappa shape index (κ3) is 6.09. The fraction of sp³-hybridized carbons (Fsp3) is 0.462. The van der Waals surface area contributed by atoms with Gasteiger partial charge in [0, 0.05) is 51.4 Å². The van der Waals surface area contributed by atoms with E-state index in [1.807, 2.05) is 18.2 Å². The molecule has 2 fully saturated rings. The van der Waals surface area contributed by atoms with Crippen molar-refractivity contribution in [3.8, 4) is 0 Å². The Kier molecular flexibility index (Phi) is 8.20. The van der Waals surface area contributed by atoms with Crippen molar-refractivity contribution in [3.63, 3.8) is 0 Å². The highest BCUT2D eigenvalue weighted by molar-refractivity contribution is 7.89. The minimum Gasteiger partial charge on any atom is -0.466 e. The standard InChI is InChI=1S/C26H33N3O5S/c1-2-34-26(31)22-11-13-28(14-12-22)25(30)23-9-6-10-24(19-23)35(32,33)29-17-15-27(16-18-29)20-21-7-4-3-5-8-21/h3-10,19,22H,2,11-18,20H2,1H3. The number of hydrogen-bond acceptors (Lipinski definition) is 6. The van der Waals surface area contributed by atoms with Gasteiger partial charge in [-0.3, -0.25) is 14.5 Å². The largest absolute Gasteiger partial charge is 0.466 e. The highest BCUT2D eigenvalue weighted by Crippen LogP contribution is 2.23. The lowest BCUT2D eigenvalue weighted by atomic mass is 9.96. The molecule has 35 heavy (non-hydrogen) atoms. The molecule has 0 aromatic heterocycles. The summed E-state index contributed by atoms with van der Waals surface area (Å²) < 4.78 is 33.2. The molecule has 0 unspecified atom stereocenters. The average Bonchev–Trinajstić information content (AvgIpc) is 2.89. The van der Waals surface area contributed by atoms with Crippen LogP contribution in [0.1, 0.15) is 35.7 Å². The number of esters is 1. The molecule has 2 aromatic rings. The molecule has 2 aliphatic rings. The Morgan fingerprint density at radius 2 is 1.60 bits per heavy atom. The van der Waals surface area contributed by atoms with E-state index in [2.05, 4.69) is 17.0 Å². The second kappa shape index (κ2) is 11.3. The lowest BCUT2D eigenvalue weighted by molar-refractivity contribution is -0.149. The number of carbonyl (C=O) groups is 2. The Hall–Kier alpha value is -2.75. The number of amides is 1. The number of ether oxygens (including phenoxy) is 1. The Bertz CT molecular complexity index is 1120. The van der Waals surface area contributed by atoms with Gasteiger partial charge in [-0.15, -0.1) is 0 Å². The molecular formula is C26H33N3O5S. The maximum atomic E-state index is 13.3. The van der Waals surface area contributed by atoms with Crippen LogP contribution >= 0.6 is 0 Å². The molecule has 0 aliphatic carbocycles. The van der Waals surface area contributed by atoms with Gasteiger partial charge in [-0.05, 0) is 43.5 Å². The number of carbonyl (C=O) groups excluding carboxylic acids is 2. The Morgan fingerprint density at radius 1 is 0.914 bits per heavy atom. The SMILES string of the molecule is CCOC(=O)C1CCN(C(=O)c2cccc(S(=O)(=O)N3CCN(Cc4ccccc4)CC3)c2)CC1. The molecule has 188 valence electrons. The van der Waals surface area contributed by atoms with E-state index in [1.165, 1.54) is 15.9 Å². The van der Waals surface area contributed by atoms with E-state index in [0.717, 1.165) is 6.54 Å². The zero-order valence-corrected chi connectivity index (χ0v) is 21.0. The summed E-state index contributed by atoms with van der Waals surface area (Å²) >= 11 is 0. The normalized spacial score (nSPS) is 18.4. The van der Waals surface area contributed by atoms with Crippen molar-refractivity contribution in [2.24, 2.45) is 5.92 Å². The molecule has 2 heterocycles. The molecule has 2 aliphatic heterocycles. The second-order valence-electron chi connectivity index (χ2n) is 9.01. The van der Waals surface area contributed by atoms with E-state index >= 15 is 0 Å². The van der Waals surface area contributed by atoms with Gasteiger partial charge >= 0.3 is 5.97 Å². The Labute approximate surface area is 207 Å². The lowest BCUT2D eigenvalue weighted by Crippen LogP contribution is -2.48. The summed E-state index contributed by atoms with van der Waals surface area (Å²) in [6.07, 6.45) is 1.10. The van der Waals surface area contributed by atoms with Crippen LogP contribution in [0.15, 0.2) is 59.5 Å². The zero-order valence-electron chi connectivity index (χ0n) is 20.1. The molecular weight excluding hydrogens is 466 g/mol. The van der Waals surface area contributed by atoms with Gasteiger partial charge in [-0.2, -0.15) is 4.31 Å². The molecule has 1 amide bonds. The van der Waals surface area contributed by atoms with E-state index in [-0.39, 0.29) is 22.7 Å². The molecule has 0 N–H and O–H groups in total. The van der Waals surface area contributed by atoms with Crippen LogP contribution < -0.4 is 0 Å². The molecule has 4 rings (SSSR count). The Morgan fingerprint density at radius 3 is 2.26 bits per heavy atom. The van der Waals surface area contributed by atoms with Crippen LogP contribution in [-0.4, -0.2) is 80.3 Å². The number of piperazine rings is 1. The molecule has 2 saturated heterocycles. The number of rotatable bonds is 7. The first-order valence-corrected chi connectivity index (χ1v) is 13.6. The monoisotopic (exact) mass is 499 g/mol. The quantitative estimate of drug-likeness (QED) is 0.545. The summed E-state index contributed by atoms with van der Waals surface area (Å²) in [6, 6.07) is 16.4. The van der Waals surface area contributed by atoms with Gasteiger partial charge in [0.2, 0.25) is 10.0 Å². The zero-order chi connectivity index (χ0) is 24.8. The molecule has 0 atom stereocenters. The van der Waals surface area contributed by atoms with Gasteiger partial charge in [-0.1, -0.05) is 36.4 Å². The van der Waals surface area contributed by atoms with Crippen LogP contribution in [0.2, 0.25) is 0 Å². The predicted octanol–water partition coefficient (Wildman–Crippen LogP) is 2.61. The van der Waals surface area contributed by atoms with Crippen LogP contribution in [0.5, 0.6) is 0 Å². The van der Waals surface area contributed by atoms with Crippen molar-refractivity contribution in [3.05, 3.63) is 65.7 Å². The van der Waals surface area contributed by atoms with Crippen LogP contribution in [0.25, 0.3) is 0 Å². The van der Waals surface area contributed by atoms with Crippen molar-refractivity contribution in [1.82, 2.24) is 14.1 Å². The average molecular weight is 500 g/mol. The van der Waals surface area contributed by atoms with Gasteiger partial charge in [0.15, 0.2) is 0 Å². The summed E-state index contributed by atoms with van der Waals surface area (Å²) in [5.74, 6) is -0.611. The van der Waals surface area contributed by atoms with E-state index in [0.29, 0.717) is 64.3 Å². The van der Waals surface area contributed by atoms with Crippen molar-refractivity contribution in [1.29, 1.82) is 0 Å². The topological polar surface area (TPSA) is 87.2 Å². The second-order valence-corrected chi connectivity index (χ2v) is 11.0. The molecule has 2 aromatic carbocycles. The van der Waals surface area contributed by atoms with Crippen molar-refractivity contribution in [2.45, 2.75) is 31.2 Å². The fourth-order valence-corrected chi connectivity index (χ4v) is 6.14. The first-order valence-electron chi connectivity index (χ1n) is 12.2. The number of likely N-dealkylation sites (tertiary alicyclic amines) is 1. The summed E-state index contributed by atoms with van der Waals surface area (Å²) in [5.41, 5.74) is 1.56. The van der Waals surface area contributed by atoms with Gasteiger partial charge in [0.05, 0.1) is 17.4 Å². The van der Waals surface area contributed by atoms with Crippen molar-refractivity contribution >= 4 is 21.9 Å². The minimum absolute atomic E-state index is 0.140. The summed E-state index contributed by atoms with van der Waals surface area (Å²) in [7, 11) is -3.70. The lowest BCUT2D eigenvalue weighted by Gasteiger charge is -2.34. The van der Waals surface area contributed by atoms with Gasteiger partial charge in [0.25, 0.3) is 5.91 Å². The molecule has 0 bridgehead atoms. The summed E-state index contributed by atoms with van der Waals surface area (Å²) in [4.78, 5) is 29.1. The number of sulfonamides is 1. The number of hydrogen-bond donors (Lipinski definition) is 0. The Balaban J connectivity index is 1.36. The van der Waals surface area contributed by atoms with E-state index in [9.17, 15) is 18.0 Å².